The number of amides is 1. The molecule has 1 aliphatic heterocycles. The van der Waals surface area contributed by atoms with E-state index in [0.717, 1.165) is 39.1 Å². The molecule has 0 spiro atoms. The molecule has 1 saturated heterocycles. The number of para-hydroxylation sites is 1. The van der Waals surface area contributed by atoms with Gasteiger partial charge in [0, 0.05) is 24.3 Å². The van der Waals surface area contributed by atoms with Crippen molar-refractivity contribution in [2.75, 3.05) is 12.4 Å². The summed E-state index contributed by atoms with van der Waals surface area (Å²) >= 11 is 1.54. The Balaban J connectivity index is 1.17. The highest BCUT2D eigenvalue weighted by Gasteiger charge is 2.32. The van der Waals surface area contributed by atoms with Gasteiger partial charge >= 0.3 is 6.09 Å². The van der Waals surface area contributed by atoms with Gasteiger partial charge in [-0.25, -0.2) is 4.79 Å². The van der Waals surface area contributed by atoms with E-state index in [0.29, 0.717) is 23.9 Å². The van der Waals surface area contributed by atoms with Crippen LogP contribution in [-0.2, 0) is 27.4 Å². The van der Waals surface area contributed by atoms with Crippen molar-refractivity contribution in [3.05, 3.63) is 138 Å². The van der Waals surface area contributed by atoms with Crippen molar-refractivity contribution in [3.63, 3.8) is 0 Å². The van der Waals surface area contributed by atoms with Gasteiger partial charge in [-0.2, -0.15) is 4.68 Å². The molecule has 0 saturated carbocycles. The quantitative estimate of drug-likeness (QED) is 0.114. The number of aromatic nitrogens is 4. The SMILES string of the molecule is C=CCOC(=O)NCc1cccc(-c2ccc([C@H]3O[C@@H](CSc4nnnn4-c4ccccc4)C[C@@H](c4ccc(CO)cc4)O3)cc2)c1. The average Bonchev–Trinajstić information content (AvgIpc) is 3.61. The van der Waals surface area contributed by atoms with Crippen LogP contribution < -0.4 is 5.32 Å². The smallest absolute Gasteiger partial charge is 0.407 e. The highest BCUT2D eigenvalue weighted by atomic mass is 32.2. The maximum atomic E-state index is 11.8. The Morgan fingerprint density at radius 3 is 2.51 bits per heavy atom. The molecule has 6 rings (SSSR count). The predicted octanol–water partition coefficient (Wildman–Crippen LogP) is 6.57. The number of aliphatic hydroxyl groups excluding tert-OH is 1. The molecule has 47 heavy (non-hydrogen) atoms. The first-order valence-electron chi connectivity index (χ1n) is 15.3. The molecule has 0 radical (unpaired) electrons. The van der Waals surface area contributed by atoms with Crippen molar-refractivity contribution in [2.24, 2.45) is 0 Å². The summed E-state index contributed by atoms with van der Waals surface area (Å²) < 4.78 is 19.8. The van der Waals surface area contributed by atoms with E-state index in [1.54, 1.807) is 16.4 Å². The van der Waals surface area contributed by atoms with E-state index in [1.807, 2.05) is 103 Å². The van der Waals surface area contributed by atoms with Crippen molar-refractivity contribution >= 4 is 17.9 Å². The van der Waals surface area contributed by atoms with E-state index in [9.17, 15) is 9.90 Å². The van der Waals surface area contributed by atoms with Crippen molar-refractivity contribution in [2.45, 2.75) is 43.2 Å². The number of hydrogen-bond donors (Lipinski definition) is 2. The third-order valence-corrected chi connectivity index (χ3v) is 8.72. The Kier molecular flexibility index (Phi) is 10.7. The molecular weight excluding hydrogens is 614 g/mol. The number of alkyl carbamates (subject to hydrolysis) is 1. The summed E-state index contributed by atoms with van der Waals surface area (Å²) in [5.74, 6) is 0.623. The maximum Gasteiger partial charge on any atom is 0.407 e. The number of rotatable bonds is 12. The number of benzene rings is 4. The standard InChI is InChI=1S/C36H35N5O5S/c1-2-19-44-36(43)37-22-26-7-6-8-30(20-26)27-15-17-29(18-16-27)34-45-32(21-33(46-34)28-13-11-25(23-42)12-14-28)24-47-35-38-39-40-41(35)31-9-4-3-5-10-31/h2-18,20,32-34,42H,1,19,21-24H2,(H,37,43)/t32-,33+,34+/m1/s1. The van der Waals surface area contributed by atoms with Gasteiger partial charge in [0.25, 0.3) is 0 Å². The second-order valence-electron chi connectivity index (χ2n) is 10.9. The highest BCUT2D eigenvalue weighted by molar-refractivity contribution is 7.99. The van der Waals surface area contributed by atoms with Gasteiger partial charge in [-0.3, -0.25) is 0 Å². The van der Waals surface area contributed by atoms with Gasteiger partial charge in [0.15, 0.2) is 6.29 Å². The average molecular weight is 650 g/mol. The maximum absolute atomic E-state index is 11.8. The Morgan fingerprint density at radius 2 is 1.74 bits per heavy atom. The fraction of sp³-hybridized carbons (Fsp3) is 0.222. The third kappa shape index (κ3) is 8.32. The van der Waals surface area contributed by atoms with Crippen molar-refractivity contribution < 1.29 is 24.1 Å². The van der Waals surface area contributed by atoms with Gasteiger partial charge in [0.1, 0.15) is 6.61 Å². The number of ether oxygens (including phenoxy) is 3. The lowest BCUT2D eigenvalue weighted by atomic mass is 9.99. The Morgan fingerprint density at radius 1 is 0.957 bits per heavy atom. The van der Waals surface area contributed by atoms with Crippen LogP contribution in [0.25, 0.3) is 16.8 Å². The van der Waals surface area contributed by atoms with E-state index >= 15 is 0 Å². The number of thioether (sulfide) groups is 1. The third-order valence-electron chi connectivity index (χ3n) is 7.67. The lowest BCUT2D eigenvalue weighted by Gasteiger charge is -2.36. The summed E-state index contributed by atoms with van der Waals surface area (Å²) in [7, 11) is 0. The molecule has 0 aliphatic carbocycles. The molecule has 1 amide bonds. The number of hydrogen-bond acceptors (Lipinski definition) is 9. The summed E-state index contributed by atoms with van der Waals surface area (Å²) in [5.41, 5.74) is 6.66. The molecule has 10 nitrogen and oxygen atoms in total. The predicted molar refractivity (Wildman–Crippen MR) is 179 cm³/mol. The minimum absolute atomic E-state index is 0.0129. The van der Waals surface area contributed by atoms with E-state index in [-0.39, 0.29) is 25.4 Å². The van der Waals surface area contributed by atoms with Gasteiger partial charge in [0.05, 0.1) is 24.5 Å². The van der Waals surface area contributed by atoms with Gasteiger partial charge in [-0.1, -0.05) is 109 Å². The number of aliphatic hydroxyl groups is 1. The van der Waals surface area contributed by atoms with E-state index in [4.69, 9.17) is 14.2 Å². The molecule has 1 fully saturated rings. The number of tetrazole rings is 1. The van der Waals surface area contributed by atoms with Crippen LogP contribution in [0.1, 0.15) is 41.1 Å². The first kappa shape index (κ1) is 32.1. The zero-order chi connectivity index (χ0) is 32.4. The summed E-state index contributed by atoms with van der Waals surface area (Å²) in [4.78, 5) is 11.8. The lowest BCUT2D eigenvalue weighted by molar-refractivity contribution is -0.245. The zero-order valence-corrected chi connectivity index (χ0v) is 26.5. The summed E-state index contributed by atoms with van der Waals surface area (Å²) in [5, 5.41) is 25.3. The minimum Gasteiger partial charge on any atom is -0.445 e. The van der Waals surface area contributed by atoms with Crippen LogP contribution in [0.15, 0.2) is 121 Å². The zero-order valence-electron chi connectivity index (χ0n) is 25.6. The fourth-order valence-corrected chi connectivity index (χ4v) is 6.15. The van der Waals surface area contributed by atoms with Crippen molar-refractivity contribution in [1.29, 1.82) is 0 Å². The van der Waals surface area contributed by atoms with Crippen molar-refractivity contribution in [3.8, 4) is 16.8 Å². The van der Waals surface area contributed by atoms with E-state index < -0.39 is 12.4 Å². The Labute approximate surface area is 277 Å². The van der Waals surface area contributed by atoms with Crippen molar-refractivity contribution in [1.82, 2.24) is 25.5 Å². The molecule has 4 aromatic carbocycles. The van der Waals surface area contributed by atoms with Crippen LogP contribution in [0.3, 0.4) is 0 Å². The molecule has 240 valence electrons. The van der Waals surface area contributed by atoms with Crippen LogP contribution in [0.2, 0.25) is 0 Å². The number of carbonyl (C=O) groups is 1. The van der Waals surface area contributed by atoms with Gasteiger partial charge in [-0.15, -0.1) is 5.10 Å². The highest BCUT2D eigenvalue weighted by Crippen LogP contribution is 2.40. The monoisotopic (exact) mass is 649 g/mol. The topological polar surface area (TPSA) is 121 Å². The minimum atomic E-state index is -0.590. The summed E-state index contributed by atoms with van der Waals surface area (Å²) in [6.07, 6.45) is 0.743. The van der Waals surface area contributed by atoms with Gasteiger partial charge in [-0.05, 0) is 56.4 Å². The lowest BCUT2D eigenvalue weighted by Crippen LogP contribution is -2.31. The molecule has 1 aromatic heterocycles. The Hall–Kier alpha value is -4.81. The largest absolute Gasteiger partial charge is 0.445 e. The molecule has 11 heteroatoms. The second-order valence-corrected chi connectivity index (χ2v) is 11.9. The van der Waals surface area contributed by atoms with Gasteiger partial charge < -0.3 is 24.6 Å². The number of nitrogens with zero attached hydrogens (tertiary/aromatic N) is 4. The first-order chi connectivity index (χ1) is 23.1. The molecule has 2 N–H and O–H groups in total. The normalized spacial score (nSPS) is 17.6. The molecule has 0 unspecified atom stereocenters. The summed E-state index contributed by atoms with van der Waals surface area (Å²) in [6.45, 7) is 4.05. The number of nitrogens with one attached hydrogen (secondary N) is 1. The Bertz CT molecular complexity index is 1770. The van der Waals surface area contributed by atoms with Gasteiger partial charge in [0.2, 0.25) is 5.16 Å². The molecular formula is C36H35N5O5S. The molecule has 2 heterocycles. The summed E-state index contributed by atoms with van der Waals surface area (Å²) in [6, 6.07) is 33.8. The van der Waals surface area contributed by atoms with Crippen LogP contribution in [0, 0.1) is 0 Å². The second kappa shape index (κ2) is 15.7. The fourth-order valence-electron chi connectivity index (χ4n) is 5.24. The molecule has 3 atom stereocenters. The van der Waals surface area contributed by atoms with Crippen LogP contribution >= 0.6 is 11.8 Å². The molecule has 1 aliphatic rings. The first-order valence-corrected chi connectivity index (χ1v) is 16.3. The van der Waals surface area contributed by atoms with Crippen LogP contribution in [0.4, 0.5) is 4.79 Å². The van der Waals surface area contributed by atoms with E-state index in [1.165, 1.54) is 6.08 Å². The van der Waals surface area contributed by atoms with E-state index in [2.05, 4.69) is 27.4 Å². The molecule has 0 bridgehead atoms. The van der Waals surface area contributed by atoms with Crippen LogP contribution in [0.5, 0.6) is 0 Å². The number of carbonyl (C=O) groups excluding carboxylic acids is 1. The van der Waals surface area contributed by atoms with Crippen LogP contribution in [-0.4, -0.2) is 49.9 Å². The molecule has 5 aromatic rings.